The largest absolute Gasteiger partial charge is 0.390 e. The molecule has 0 aromatic carbocycles. The molecule has 1 atom stereocenters. The van der Waals surface area contributed by atoms with Crippen LogP contribution in [0.25, 0.3) is 0 Å². The summed E-state index contributed by atoms with van der Waals surface area (Å²) in [6.07, 6.45) is 3.54. The van der Waals surface area contributed by atoms with Gasteiger partial charge >= 0.3 is 0 Å². The second kappa shape index (κ2) is 4.43. The maximum absolute atomic E-state index is 9.71. The highest BCUT2D eigenvalue weighted by atomic mass is 16.3. The molecule has 2 heteroatoms. The first-order valence-corrected chi connectivity index (χ1v) is 5.46. The van der Waals surface area contributed by atoms with E-state index in [-0.39, 0.29) is 0 Å². The molecular weight excluding hydrogens is 162 g/mol. The van der Waals surface area contributed by atoms with Gasteiger partial charge in [0.2, 0.25) is 0 Å². The summed E-state index contributed by atoms with van der Waals surface area (Å²) in [6, 6.07) is 0. The molecule has 1 rings (SSSR count). The van der Waals surface area contributed by atoms with Crippen LogP contribution in [-0.2, 0) is 0 Å². The van der Waals surface area contributed by atoms with Gasteiger partial charge in [0, 0.05) is 6.54 Å². The Hall–Kier alpha value is -0.0800. The molecule has 0 saturated carbocycles. The van der Waals surface area contributed by atoms with Gasteiger partial charge in [-0.3, -0.25) is 0 Å². The molecule has 1 heterocycles. The van der Waals surface area contributed by atoms with Crippen molar-refractivity contribution in [2.75, 3.05) is 19.6 Å². The van der Waals surface area contributed by atoms with Gasteiger partial charge < -0.3 is 10.0 Å². The second-order valence-corrected chi connectivity index (χ2v) is 4.92. The lowest BCUT2D eigenvalue weighted by Crippen LogP contribution is -2.38. The van der Waals surface area contributed by atoms with E-state index < -0.39 is 5.60 Å². The molecular formula is C11H23NO. The van der Waals surface area contributed by atoms with Crippen molar-refractivity contribution in [2.45, 2.75) is 45.6 Å². The summed E-state index contributed by atoms with van der Waals surface area (Å²) < 4.78 is 0. The third kappa shape index (κ3) is 4.10. The van der Waals surface area contributed by atoms with E-state index in [1.807, 2.05) is 13.8 Å². The van der Waals surface area contributed by atoms with Gasteiger partial charge in [0.05, 0.1) is 5.60 Å². The molecule has 0 aliphatic carbocycles. The minimum atomic E-state index is -0.485. The highest BCUT2D eigenvalue weighted by molar-refractivity contribution is 4.78. The van der Waals surface area contributed by atoms with Crippen molar-refractivity contribution in [3.05, 3.63) is 0 Å². The van der Waals surface area contributed by atoms with Crippen LogP contribution in [0.2, 0.25) is 0 Å². The molecule has 1 saturated heterocycles. The van der Waals surface area contributed by atoms with Crippen LogP contribution in [0.5, 0.6) is 0 Å². The third-order valence-corrected chi connectivity index (χ3v) is 2.84. The fraction of sp³-hybridized carbons (Fsp3) is 1.00. The van der Waals surface area contributed by atoms with Crippen LogP contribution < -0.4 is 0 Å². The normalized spacial score (nSPS) is 26.3. The summed E-state index contributed by atoms with van der Waals surface area (Å²) in [5.74, 6) is 0.702. The van der Waals surface area contributed by atoms with Crippen LogP contribution in [0.15, 0.2) is 0 Å². The molecule has 1 fully saturated rings. The van der Waals surface area contributed by atoms with Crippen LogP contribution in [0.3, 0.4) is 0 Å². The van der Waals surface area contributed by atoms with Crippen molar-refractivity contribution < 1.29 is 5.11 Å². The minimum Gasteiger partial charge on any atom is -0.390 e. The fourth-order valence-corrected chi connectivity index (χ4v) is 2.31. The Morgan fingerprint density at radius 3 is 2.69 bits per heavy atom. The van der Waals surface area contributed by atoms with E-state index in [0.29, 0.717) is 5.92 Å². The first-order valence-electron chi connectivity index (χ1n) is 5.46. The van der Waals surface area contributed by atoms with Crippen LogP contribution >= 0.6 is 0 Å². The standard InChI is InChI=1S/C11H23NO/c1-4-12-7-5-6-10(9-12)8-11(2,3)13/h10,13H,4-9H2,1-3H3/t10-/m0/s1. The second-order valence-electron chi connectivity index (χ2n) is 4.92. The Kier molecular flexibility index (Phi) is 3.74. The summed E-state index contributed by atoms with van der Waals surface area (Å²) in [6.45, 7) is 9.63. The van der Waals surface area contributed by atoms with Gasteiger partial charge in [0.25, 0.3) is 0 Å². The number of hydrogen-bond acceptors (Lipinski definition) is 2. The number of piperidine rings is 1. The summed E-state index contributed by atoms with van der Waals surface area (Å²) in [7, 11) is 0. The van der Waals surface area contributed by atoms with Crippen molar-refractivity contribution in [2.24, 2.45) is 5.92 Å². The summed E-state index contributed by atoms with van der Waals surface area (Å²) >= 11 is 0. The van der Waals surface area contributed by atoms with Crippen molar-refractivity contribution in [1.82, 2.24) is 4.90 Å². The van der Waals surface area contributed by atoms with Gasteiger partial charge in [-0.1, -0.05) is 6.92 Å². The fourth-order valence-electron chi connectivity index (χ4n) is 2.31. The molecule has 0 unspecified atom stereocenters. The molecule has 0 amide bonds. The average molecular weight is 185 g/mol. The Morgan fingerprint density at radius 2 is 2.15 bits per heavy atom. The van der Waals surface area contributed by atoms with Gasteiger partial charge in [-0.05, 0) is 52.1 Å². The first kappa shape index (κ1) is 11.0. The molecule has 0 aromatic heterocycles. The molecule has 0 radical (unpaired) electrons. The van der Waals surface area contributed by atoms with E-state index in [1.165, 1.54) is 25.9 Å². The predicted octanol–water partition coefficient (Wildman–Crippen LogP) is 1.88. The molecule has 1 aliphatic heterocycles. The summed E-state index contributed by atoms with van der Waals surface area (Å²) in [4.78, 5) is 2.49. The van der Waals surface area contributed by atoms with Gasteiger partial charge in [-0.25, -0.2) is 0 Å². The summed E-state index contributed by atoms with van der Waals surface area (Å²) in [5, 5.41) is 9.71. The van der Waals surface area contributed by atoms with E-state index in [9.17, 15) is 5.11 Å². The van der Waals surface area contributed by atoms with E-state index in [0.717, 1.165) is 13.0 Å². The number of hydrogen-bond donors (Lipinski definition) is 1. The lowest BCUT2D eigenvalue weighted by atomic mass is 9.87. The third-order valence-electron chi connectivity index (χ3n) is 2.84. The van der Waals surface area contributed by atoms with Crippen LogP contribution in [0, 0.1) is 5.92 Å². The van der Waals surface area contributed by atoms with E-state index in [2.05, 4.69) is 11.8 Å². The van der Waals surface area contributed by atoms with Gasteiger partial charge in [-0.15, -0.1) is 0 Å². The van der Waals surface area contributed by atoms with Crippen molar-refractivity contribution in [1.29, 1.82) is 0 Å². The predicted molar refractivity (Wildman–Crippen MR) is 55.8 cm³/mol. The Morgan fingerprint density at radius 1 is 1.46 bits per heavy atom. The molecule has 13 heavy (non-hydrogen) atoms. The number of likely N-dealkylation sites (tertiary alicyclic amines) is 1. The maximum atomic E-state index is 9.71. The SMILES string of the molecule is CCN1CCC[C@@H](CC(C)(C)O)C1. The minimum absolute atomic E-state index is 0.485. The highest BCUT2D eigenvalue weighted by Gasteiger charge is 2.24. The maximum Gasteiger partial charge on any atom is 0.0594 e. The Balaban J connectivity index is 2.34. The van der Waals surface area contributed by atoms with E-state index in [1.54, 1.807) is 0 Å². The van der Waals surface area contributed by atoms with Crippen molar-refractivity contribution >= 4 is 0 Å². The van der Waals surface area contributed by atoms with Crippen LogP contribution in [0.4, 0.5) is 0 Å². The molecule has 1 aliphatic rings. The monoisotopic (exact) mass is 185 g/mol. The molecule has 2 nitrogen and oxygen atoms in total. The molecule has 78 valence electrons. The first-order chi connectivity index (χ1) is 6.01. The van der Waals surface area contributed by atoms with E-state index >= 15 is 0 Å². The zero-order valence-corrected chi connectivity index (χ0v) is 9.21. The lowest BCUT2D eigenvalue weighted by molar-refractivity contribution is 0.0349. The molecule has 0 spiro atoms. The number of aliphatic hydroxyl groups is 1. The Labute approximate surface area is 81.9 Å². The van der Waals surface area contributed by atoms with E-state index in [4.69, 9.17) is 0 Å². The molecule has 0 bridgehead atoms. The highest BCUT2D eigenvalue weighted by Crippen LogP contribution is 2.24. The van der Waals surface area contributed by atoms with Gasteiger partial charge in [0.1, 0.15) is 0 Å². The lowest BCUT2D eigenvalue weighted by Gasteiger charge is -2.34. The molecule has 1 N–H and O–H groups in total. The molecule has 0 aromatic rings. The zero-order valence-electron chi connectivity index (χ0n) is 9.21. The van der Waals surface area contributed by atoms with Gasteiger partial charge in [-0.2, -0.15) is 0 Å². The van der Waals surface area contributed by atoms with Crippen molar-refractivity contribution in [3.8, 4) is 0 Å². The van der Waals surface area contributed by atoms with Crippen LogP contribution in [-0.4, -0.2) is 35.2 Å². The number of rotatable bonds is 3. The Bertz CT molecular complexity index is 151. The smallest absolute Gasteiger partial charge is 0.0594 e. The van der Waals surface area contributed by atoms with Crippen molar-refractivity contribution in [3.63, 3.8) is 0 Å². The number of nitrogens with zero attached hydrogens (tertiary/aromatic N) is 1. The average Bonchev–Trinajstić information content (AvgIpc) is 2.01. The van der Waals surface area contributed by atoms with Gasteiger partial charge in [0.15, 0.2) is 0 Å². The quantitative estimate of drug-likeness (QED) is 0.725. The topological polar surface area (TPSA) is 23.5 Å². The zero-order chi connectivity index (χ0) is 9.90. The summed E-state index contributed by atoms with van der Waals surface area (Å²) in [5.41, 5.74) is -0.485. The van der Waals surface area contributed by atoms with Crippen LogP contribution in [0.1, 0.15) is 40.0 Å².